The number of hydrogen-bond donors (Lipinski definition) is 0. The number of benzene rings is 1. The van der Waals surface area contributed by atoms with Gasteiger partial charge < -0.3 is 9.33 Å². The Balaban J connectivity index is 2.28. The van der Waals surface area contributed by atoms with Gasteiger partial charge in [0.15, 0.2) is 0 Å². The van der Waals surface area contributed by atoms with Gasteiger partial charge in [0, 0.05) is 16.8 Å². The monoisotopic (exact) mass is 305 g/mol. The van der Waals surface area contributed by atoms with E-state index in [1.165, 1.54) is 24.9 Å². The van der Waals surface area contributed by atoms with E-state index in [0.29, 0.717) is 0 Å². The molecule has 0 spiro atoms. The van der Waals surface area contributed by atoms with Crippen molar-refractivity contribution in [3.63, 3.8) is 0 Å². The van der Waals surface area contributed by atoms with Crippen molar-refractivity contribution in [2.45, 2.75) is 77.7 Å². The van der Waals surface area contributed by atoms with Gasteiger partial charge in [-0.3, -0.25) is 0 Å². The second-order valence-corrected chi connectivity index (χ2v) is 13.0. The summed E-state index contributed by atoms with van der Waals surface area (Å²) < 4.78 is 6.07. The van der Waals surface area contributed by atoms with E-state index >= 15 is 0 Å². The first-order chi connectivity index (χ1) is 9.51. The van der Waals surface area contributed by atoms with Crippen molar-refractivity contribution in [1.29, 1.82) is 0 Å². The minimum absolute atomic E-state index is 0.211. The zero-order valence-electron chi connectivity index (χ0n) is 14.8. The van der Waals surface area contributed by atoms with Crippen LogP contribution in [0.2, 0.25) is 19.6 Å². The van der Waals surface area contributed by atoms with Crippen LogP contribution in [0.15, 0.2) is 24.3 Å². The summed E-state index contributed by atoms with van der Waals surface area (Å²) in [6.45, 7) is 16.1. The van der Waals surface area contributed by atoms with Crippen LogP contribution in [0.3, 0.4) is 0 Å². The number of nitrogens with zero attached hydrogens (tertiary/aromatic N) is 1. The largest absolute Gasteiger partial charge is 0.544 e. The molecular weight excluding hydrogens is 274 g/mol. The molecule has 2 nitrogen and oxygen atoms in total. The van der Waals surface area contributed by atoms with Crippen LogP contribution in [0.4, 0.5) is 5.69 Å². The average Bonchev–Trinajstić information content (AvgIpc) is 2.27. The topological polar surface area (TPSA) is 12.5 Å². The second kappa shape index (κ2) is 5.35. The molecule has 2 rings (SSSR count). The first-order valence-electron chi connectivity index (χ1n) is 8.11. The minimum Gasteiger partial charge on any atom is -0.544 e. The molecule has 0 aliphatic carbocycles. The fourth-order valence-corrected chi connectivity index (χ4v) is 4.56. The lowest BCUT2D eigenvalue weighted by Gasteiger charge is -2.54. The van der Waals surface area contributed by atoms with E-state index in [4.69, 9.17) is 4.43 Å². The maximum atomic E-state index is 6.07. The van der Waals surface area contributed by atoms with Gasteiger partial charge in [0.2, 0.25) is 8.32 Å². The van der Waals surface area contributed by atoms with Crippen LogP contribution in [-0.2, 0) is 0 Å². The Morgan fingerprint density at radius 2 is 1.38 bits per heavy atom. The molecule has 0 aromatic heterocycles. The van der Waals surface area contributed by atoms with Crippen molar-refractivity contribution < 1.29 is 4.43 Å². The quantitative estimate of drug-likeness (QED) is 0.689. The highest BCUT2D eigenvalue weighted by Crippen LogP contribution is 2.42. The Morgan fingerprint density at radius 1 is 0.905 bits per heavy atom. The normalized spacial score (nSPS) is 21.2. The summed E-state index contributed by atoms with van der Waals surface area (Å²) in [4.78, 5) is 2.60. The molecule has 1 saturated heterocycles. The van der Waals surface area contributed by atoms with Gasteiger partial charge in [-0.2, -0.15) is 0 Å². The van der Waals surface area contributed by atoms with Crippen molar-refractivity contribution in [2.75, 3.05) is 4.90 Å². The van der Waals surface area contributed by atoms with Gasteiger partial charge in [0.1, 0.15) is 5.75 Å². The molecule has 118 valence electrons. The van der Waals surface area contributed by atoms with Crippen LogP contribution < -0.4 is 9.33 Å². The summed E-state index contributed by atoms with van der Waals surface area (Å²) in [5.74, 6) is 1.01. The van der Waals surface area contributed by atoms with E-state index in [0.717, 1.165) is 5.75 Å². The summed E-state index contributed by atoms with van der Waals surface area (Å²) in [5.41, 5.74) is 1.74. The third-order valence-corrected chi connectivity index (χ3v) is 5.15. The van der Waals surface area contributed by atoms with Crippen LogP contribution in [0.1, 0.15) is 47.0 Å². The molecule has 1 aromatic rings. The Morgan fingerprint density at radius 3 is 1.81 bits per heavy atom. The molecule has 0 N–H and O–H groups in total. The molecule has 1 fully saturated rings. The van der Waals surface area contributed by atoms with Crippen molar-refractivity contribution >= 4 is 14.0 Å². The van der Waals surface area contributed by atoms with Gasteiger partial charge >= 0.3 is 0 Å². The molecule has 3 heteroatoms. The zero-order valence-corrected chi connectivity index (χ0v) is 15.8. The standard InChI is InChI=1S/C18H31NOSi/c1-17(2)13-8-14-18(3,4)19(17)15-9-11-16(12-10-15)20-21(5,6)7/h9-12H,8,13-14H2,1-7H3. The summed E-state index contributed by atoms with van der Waals surface area (Å²) in [6.07, 6.45) is 3.82. The molecule has 1 heterocycles. The van der Waals surface area contributed by atoms with Gasteiger partial charge in [-0.05, 0) is 90.9 Å². The fraction of sp³-hybridized carbons (Fsp3) is 0.667. The zero-order chi connectivity index (χ0) is 15.9. The lowest BCUT2D eigenvalue weighted by Crippen LogP contribution is -2.58. The molecule has 0 unspecified atom stereocenters. The van der Waals surface area contributed by atoms with Crippen molar-refractivity contribution in [2.24, 2.45) is 0 Å². The van der Waals surface area contributed by atoms with E-state index in [1.54, 1.807) is 0 Å². The Kier molecular flexibility index (Phi) is 4.18. The molecule has 0 saturated carbocycles. The third kappa shape index (κ3) is 3.82. The SMILES string of the molecule is CC1(C)CCCC(C)(C)N1c1ccc(O[Si](C)(C)C)cc1. The number of piperidine rings is 1. The Hall–Kier alpha value is -0.963. The third-order valence-electron chi connectivity index (χ3n) is 4.31. The Bertz CT molecular complexity index is 469. The van der Waals surface area contributed by atoms with Gasteiger partial charge in [-0.25, -0.2) is 0 Å². The van der Waals surface area contributed by atoms with Crippen molar-refractivity contribution in [3.8, 4) is 5.75 Å². The van der Waals surface area contributed by atoms with E-state index in [2.05, 4.69) is 76.5 Å². The van der Waals surface area contributed by atoms with E-state index < -0.39 is 8.32 Å². The number of anilines is 1. The highest BCUT2D eigenvalue weighted by Gasteiger charge is 2.41. The minimum atomic E-state index is -1.53. The molecule has 1 aromatic carbocycles. The summed E-state index contributed by atoms with van der Waals surface area (Å²) in [5, 5.41) is 0. The molecule has 0 bridgehead atoms. The van der Waals surface area contributed by atoms with Crippen LogP contribution in [0, 0.1) is 0 Å². The highest BCUT2D eigenvalue weighted by molar-refractivity contribution is 6.70. The molecule has 1 aliphatic rings. The number of rotatable bonds is 3. The lowest BCUT2D eigenvalue weighted by molar-refractivity contribution is 0.244. The van der Waals surface area contributed by atoms with Crippen LogP contribution in [0.25, 0.3) is 0 Å². The first kappa shape index (κ1) is 16.4. The first-order valence-corrected chi connectivity index (χ1v) is 11.5. The van der Waals surface area contributed by atoms with Crippen molar-refractivity contribution in [3.05, 3.63) is 24.3 Å². The smallest absolute Gasteiger partial charge is 0.242 e. The summed E-state index contributed by atoms with van der Waals surface area (Å²) >= 11 is 0. The van der Waals surface area contributed by atoms with Gasteiger partial charge in [-0.15, -0.1) is 0 Å². The summed E-state index contributed by atoms with van der Waals surface area (Å²) in [6, 6.07) is 8.72. The molecule has 1 aliphatic heterocycles. The molecule has 0 amide bonds. The highest BCUT2D eigenvalue weighted by atomic mass is 28.4. The maximum absolute atomic E-state index is 6.07. The number of hydrogen-bond acceptors (Lipinski definition) is 2. The van der Waals surface area contributed by atoms with Gasteiger partial charge in [0.25, 0.3) is 0 Å². The predicted molar refractivity (Wildman–Crippen MR) is 94.9 cm³/mol. The molecular formula is C18H31NOSi. The second-order valence-electron chi connectivity index (χ2n) is 8.52. The van der Waals surface area contributed by atoms with Gasteiger partial charge in [-0.1, -0.05) is 0 Å². The maximum Gasteiger partial charge on any atom is 0.242 e. The van der Waals surface area contributed by atoms with Gasteiger partial charge in [0.05, 0.1) is 0 Å². The predicted octanol–water partition coefficient (Wildman–Crippen LogP) is 5.45. The average molecular weight is 306 g/mol. The van der Waals surface area contributed by atoms with Crippen LogP contribution in [0.5, 0.6) is 5.75 Å². The van der Waals surface area contributed by atoms with E-state index in [9.17, 15) is 0 Å². The van der Waals surface area contributed by atoms with E-state index in [-0.39, 0.29) is 11.1 Å². The van der Waals surface area contributed by atoms with E-state index in [1.807, 2.05) is 0 Å². The lowest BCUT2D eigenvalue weighted by atomic mass is 9.79. The fourth-order valence-electron chi connectivity index (χ4n) is 3.71. The van der Waals surface area contributed by atoms with Crippen molar-refractivity contribution in [1.82, 2.24) is 0 Å². The molecule has 21 heavy (non-hydrogen) atoms. The molecule has 0 radical (unpaired) electrons. The Labute approximate surface area is 131 Å². The van der Waals surface area contributed by atoms with Crippen LogP contribution in [-0.4, -0.2) is 19.4 Å². The molecule has 0 atom stereocenters. The van der Waals surface area contributed by atoms with Crippen LogP contribution >= 0.6 is 0 Å². The summed E-state index contributed by atoms with van der Waals surface area (Å²) in [7, 11) is -1.53.